The molecule has 1 fully saturated rings. The molecule has 1 amide bonds. The van der Waals surface area contributed by atoms with Gasteiger partial charge in [-0.05, 0) is 31.0 Å². The van der Waals surface area contributed by atoms with E-state index in [1.807, 2.05) is 31.2 Å². The van der Waals surface area contributed by atoms with Crippen LogP contribution < -0.4 is 10.1 Å². The lowest BCUT2D eigenvalue weighted by atomic mass is 10.1. The molecule has 2 aromatic rings. The van der Waals surface area contributed by atoms with E-state index in [0.717, 1.165) is 11.1 Å². The first kappa shape index (κ1) is 20.3. The van der Waals surface area contributed by atoms with Crippen LogP contribution in [0, 0.1) is 6.92 Å². The normalized spacial score (nSPS) is 17.2. The molecule has 0 unspecified atom stereocenters. The van der Waals surface area contributed by atoms with Crippen LogP contribution in [0.25, 0.3) is 0 Å². The van der Waals surface area contributed by atoms with Gasteiger partial charge in [0.1, 0.15) is 5.75 Å². The topological polar surface area (TPSA) is 79.0 Å². The lowest BCUT2D eigenvalue weighted by molar-refractivity contribution is -0.116. The summed E-state index contributed by atoms with van der Waals surface area (Å²) in [5, 5.41) is 2.73. The largest absolute Gasteiger partial charge is 0.497 e. The van der Waals surface area contributed by atoms with Gasteiger partial charge in [0.25, 0.3) is 10.2 Å². The fourth-order valence-electron chi connectivity index (χ4n) is 3.21. The van der Waals surface area contributed by atoms with E-state index >= 15 is 0 Å². The van der Waals surface area contributed by atoms with Crippen LogP contribution in [0.1, 0.15) is 17.5 Å². The molecule has 1 aliphatic rings. The Hall–Kier alpha value is -2.42. The van der Waals surface area contributed by atoms with Crippen molar-refractivity contribution in [3.8, 4) is 5.75 Å². The zero-order valence-corrected chi connectivity index (χ0v) is 16.9. The zero-order valence-electron chi connectivity index (χ0n) is 16.1. The number of nitrogens with one attached hydrogen (secondary N) is 1. The van der Waals surface area contributed by atoms with Crippen molar-refractivity contribution in [1.82, 2.24) is 8.61 Å². The number of ether oxygens (including phenoxy) is 1. The van der Waals surface area contributed by atoms with Gasteiger partial charge in [0.2, 0.25) is 5.91 Å². The van der Waals surface area contributed by atoms with E-state index in [-0.39, 0.29) is 12.5 Å². The number of rotatable bonds is 6. The lowest BCUT2D eigenvalue weighted by Crippen LogP contribution is -2.51. The molecule has 0 radical (unpaired) electrons. The van der Waals surface area contributed by atoms with E-state index in [2.05, 4.69) is 5.32 Å². The van der Waals surface area contributed by atoms with Gasteiger partial charge in [0.15, 0.2) is 0 Å². The number of amides is 1. The van der Waals surface area contributed by atoms with Crippen LogP contribution in [0.3, 0.4) is 0 Å². The average Bonchev–Trinajstić information content (AvgIpc) is 2.65. The molecule has 0 saturated carbocycles. The Morgan fingerprint density at radius 3 is 2.61 bits per heavy atom. The first-order chi connectivity index (χ1) is 13.4. The third-order valence-corrected chi connectivity index (χ3v) is 6.51. The second-order valence-corrected chi connectivity index (χ2v) is 8.73. The molecule has 0 aromatic heterocycles. The number of carbonyl (C=O) groups is 1. The maximum Gasteiger partial charge on any atom is 0.282 e. The van der Waals surface area contributed by atoms with Crippen molar-refractivity contribution in [2.45, 2.75) is 19.9 Å². The van der Waals surface area contributed by atoms with E-state index in [0.29, 0.717) is 37.5 Å². The fourth-order valence-corrected chi connectivity index (χ4v) is 4.85. The molecule has 3 rings (SSSR count). The number of aryl methyl sites for hydroxylation is 1. The molecular formula is C20H25N3O4S. The van der Waals surface area contributed by atoms with Crippen molar-refractivity contribution < 1.29 is 17.9 Å². The Bertz CT molecular complexity index is 946. The standard InChI is InChI=1S/C20H25N3O4S/c1-16-6-3-7-17(12-16)14-22-10-5-11-23(28(22,25)26)15-20(24)21-18-8-4-9-19(13-18)27-2/h3-4,6-9,12-13H,5,10-11,14-15H2,1-2H3,(H,21,24). The van der Waals surface area contributed by atoms with Gasteiger partial charge in [-0.3, -0.25) is 4.79 Å². The maximum absolute atomic E-state index is 12.9. The minimum atomic E-state index is -3.69. The summed E-state index contributed by atoms with van der Waals surface area (Å²) in [5.74, 6) is 0.238. The molecule has 7 nitrogen and oxygen atoms in total. The number of hydrogen-bond donors (Lipinski definition) is 1. The van der Waals surface area contributed by atoms with Crippen LogP contribution in [0.15, 0.2) is 48.5 Å². The predicted octanol–water partition coefficient (Wildman–Crippen LogP) is 2.39. The molecule has 1 saturated heterocycles. The number of hydrogen-bond acceptors (Lipinski definition) is 4. The van der Waals surface area contributed by atoms with Gasteiger partial charge in [-0.25, -0.2) is 0 Å². The molecule has 1 aliphatic heterocycles. The minimum absolute atomic E-state index is 0.218. The second kappa shape index (κ2) is 8.72. The van der Waals surface area contributed by atoms with Crippen molar-refractivity contribution >= 4 is 21.8 Å². The molecule has 0 aliphatic carbocycles. The molecule has 1 heterocycles. The van der Waals surface area contributed by atoms with Gasteiger partial charge in [-0.2, -0.15) is 17.0 Å². The Kier molecular flexibility index (Phi) is 6.33. The quantitative estimate of drug-likeness (QED) is 0.803. The summed E-state index contributed by atoms with van der Waals surface area (Å²) >= 11 is 0. The van der Waals surface area contributed by atoms with E-state index in [4.69, 9.17) is 4.74 Å². The summed E-state index contributed by atoms with van der Waals surface area (Å²) in [7, 11) is -2.15. The molecule has 150 valence electrons. The number of methoxy groups -OCH3 is 1. The summed E-state index contributed by atoms with van der Waals surface area (Å²) in [5.41, 5.74) is 2.59. The summed E-state index contributed by atoms with van der Waals surface area (Å²) in [4.78, 5) is 12.4. The van der Waals surface area contributed by atoms with E-state index in [1.165, 1.54) is 8.61 Å². The highest BCUT2D eigenvalue weighted by molar-refractivity contribution is 7.86. The van der Waals surface area contributed by atoms with Gasteiger partial charge >= 0.3 is 0 Å². The number of anilines is 1. The molecule has 0 atom stereocenters. The molecule has 8 heteroatoms. The summed E-state index contributed by atoms with van der Waals surface area (Å²) in [6.45, 7) is 2.84. The van der Waals surface area contributed by atoms with Crippen molar-refractivity contribution in [3.63, 3.8) is 0 Å². The molecule has 1 N–H and O–H groups in total. The minimum Gasteiger partial charge on any atom is -0.497 e. The lowest BCUT2D eigenvalue weighted by Gasteiger charge is -2.34. The summed E-state index contributed by atoms with van der Waals surface area (Å²) in [6, 6.07) is 14.7. The van der Waals surface area contributed by atoms with Gasteiger partial charge < -0.3 is 10.1 Å². The van der Waals surface area contributed by atoms with E-state index < -0.39 is 10.2 Å². The molecule has 0 spiro atoms. The van der Waals surface area contributed by atoms with Crippen molar-refractivity contribution in [3.05, 3.63) is 59.7 Å². The monoisotopic (exact) mass is 403 g/mol. The van der Waals surface area contributed by atoms with Crippen molar-refractivity contribution in [2.75, 3.05) is 32.1 Å². The number of carbonyl (C=O) groups excluding carboxylic acids is 1. The molecule has 0 bridgehead atoms. The Morgan fingerprint density at radius 1 is 1.11 bits per heavy atom. The average molecular weight is 404 g/mol. The first-order valence-electron chi connectivity index (χ1n) is 9.13. The fraction of sp³-hybridized carbons (Fsp3) is 0.350. The van der Waals surface area contributed by atoms with Gasteiger partial charge in [0, 0.05) is 31.4 Å². The zero-order chi connectivity index (χ0) is 20.1. The second-order valence-electron chi connectivity index (χ2n) is 6.80. The van der Waals surface area contributed by atoms with Crippen LogP contribution in [0.4, 0.5) is 5.69 Å². The third-order valence-electron chi connectivity index (χ3n) is 4.58. The van der Waals surface area contributed by atoms with Gasteiger partial charge in [-0.1, -0.05) is 35.9 Å². The third kappa shape index (κ3) is 4.89. The SMILES string of the molecule is COc1cccc(NC(=O)CN2CCCN(Cc3cccc(C)c3)S2(=O)=O)c1. The summed E-state index contributed by atoms with van der Waals surface area (Å²) < 4.78 is 33.7. The first-order valence-corrected chi connectivity index (χ1v) is 10.5. The molecule has 2 aromatic carbocycles. The highest BCUT2D eigenvalue weighted by Gasteiger charge is 2.34. The van der Waals surface area contributed by atoms with E-state index in [9.17, 15) is 13.2 Å². The predicted molar refractivity (Wildman–Crippen MR) is 108 cm³/mol. The molecular weight excluding hydrogens is 378 g/mol. The number of benzene rings is 2. The Labute approximate surface area is 166 Å². The van der Waals surface area contributed by atoms with Crippen LogP contribution in [0.2, 0.25) is 0 Å². The Balaban J connectivity index is 1.66. The smallest absolute Gasteiger partial charge is 0.282 e. The highest BCUT2D eigenvalue weighted by Crippen LogP contribution is 2.21. The highest BCUT2D eigenvalue weighted by atomic mass is 32.2. The summed E-state index contributed by atoms with van der Waals surface area (Å²) in [6.07, 6.45) is 0.678. The maximum atomic E-state index is 12.9. The van der Waals surface area contributed by atoms with Gasteiger partial charge in [-0.15, -0.1) is 0 Å². The van der Waals surface area contributed by atoms with Crippen molar-refractivity contribution in [1.29, 1.82) is 0 Å². The van der Waals surface area contributed by atoms with E-state index in [1.54, 1.807) is 31.4 Å². The van der Waals surface area contributed by atoms with Crippen molar-refractivity contribution in [2.24, 2.45) is 0 Å². The molecule has 28 heavy (non-hydrogen) atoms. The number of nitrogens with zero attached hydrogens (tertiary/aromatic N) is 2. The van der Waals surface area contributed by atoms with Crippen LogP contribution in [0.5, 0.6) is 5.75 Å². The van der Waals surface area contributed by atoms with Crippen LogP contribution >= 0.6 is 0 Å². The van der Waals surface area contributed by atoms with Crippen LogP contribution in [-0.4, -0.2) is 49.7 Å². The van der Waals surface area contributed by atoms with Gasteiger partial charge in [0.05, 0.1) is 13.7 Å². The Morgan fingerprint density at radius 2 is 1.86 bits per heavy atom. The van der Waals surface area contributed by atoms with Crippen LogP contribution in [-0.2, 0) is 21.5 Å².